The molecule has 0 saturated heterocycles. The summed E-state index contributed by atoms with van der Waals surface area (Å²) in [6.07, 6.45) is 0. The summed E-state index contributed by atoms with van der Waals surface area (Å²) in [5.74, 6) is -0.149. The highest BCUT2D eigenvalue weighted by molar-refractivity contribution is 5.95. The third-order valence-corrected chi connectivity index (χ3v) is 2.74. The maximum atomic E-state index is 12.0. The van der Waals surface area contributed by atoms with Crippen molar-refractivity contribution in [2.24, 2.45) is 0 Å². The minimum atomic E-state index is -0.322. The van der Waals surface area contributed by atoms with Gasteiger partial charge in [0.05, 0.1) is 0 Å². The summed E-state index contributed by atoms with van der Waals surface area (Å²) in [6.45, 7) is 5.12. The molecule has 22 heavy (non-hydrogen) atoms. The summed E-state index contributed by atoms with van der Waals surface area (Å²) < 4.78 is 0. The Morgan fingerprint density at radius 1 is 1.00 bits per heavy atom. The Labute approximate surface area is 128 Å². The van der Waals surface area contributed by atoms with Crippen LogP contribution in [0.3, 0.4) is 0 Å². The molecule has 7 heteroatoms. The summed E-state index contributed by atoms with van der Waals surface area (Å²) in [5.41, 5.74) is 7.91. The molecule has 2 rings (SSSR count). The number of hydrazine groups is 1. The lowest BCUT2D eigenvalue weighted by atomic mass is 10.2. The number of anilines is 2. The van der Waals surface area contributed by atoms with Crippen LogP contribution < -0.4 is 16.2 Å². The fraction of sp³-hybridized carbons (Fsp3) is 0.200. The number of carbonyl (C=O) groups is 2. The van der Waals surface area contributed by atoms with Gasteiger partial charge in [-0.25, -0.2) is 9.97 Å². The minimum Gasteiger partial charge on any atom is -0.326 e. The van der Waals surface area contributed by atoms with Gasteiger partial charge in [0.2, 0.25) is 11.9 Å². The van der Waals surface area contributed by atoms with E-state index in [1.54, 1.807) is 24.3 Å². The molecule has 1 aromatic heterocycles. The smallest absolute Gasteiger partial charge is 0.269 e. The molecule has 114 valence electrons. The number of hydrogen-bond donors (Lipinski definition) is 3. The highest BCUT2D eigenvalue weighted by Crippen LogP contribution is 2.09. The maximum absolute atomic E-state index is 12.0. The molecule has 1 heterocycles. The Hall–Kier alpha value is -2.96. The van der Waals surface area contributed by atoms with Crippen molar-refractivity contribution in [3.8, 4) is 0 Å². The monoisotopic (exact) mass is 299 g/mol. The van der Waals surface area contributed by atoms with E-state index in [1.807, 2.05) is 19.9 Å². The number of aromatic nitrogens is 2. The van der Waals surface area contributed by atoms with Crippen LogP contribution in [0.5, 0.6) is 0 Å². The summed E-state index contributed by atoms with van der Waals surface area (Å²) in [6, 6.07) is 8.39. The molecule has 1 aromatic carbocycles. The van der Waals surface area contributed by atoms with Gasteiger partial charge in [0.15, 0.2) is 0 Å². The largest absolute Gasteiger partial charge is 0.326 e. The van der Waals surface area contributed by atoms with Crippen LogP contribution >= 0.6 is 0 Å². The summed E-state index contributed by atoms with van der Waals surface area (Å²) in [5, 5.41) is 2.63. The highest BCUT2D eigenvalue weighted by Gasteiger charge is 2.06. The minimum absolute atomic E-state index is 0.161. The molecule has 0 saturated carbocycles. The molecule has 0 radical (unpaired) electrons. The summed E-state index contributed by atoms with van der Waals surface area (Å²) in [7, 11) is 0. The van der Waals surface area contributed by atoms with Crippen molar-refractivity contribution in [1.82, 2.24) is 15.4 Å². The molecule has 0 unspecified atom stereocenters. The molecular weight excluding hydrogens is 282 g/mol. The Kier molecular flexibility index (Phi) is 4.67. The molecule has 0 aliphatic carbocycles. The average Bonchev–Trinajstić information content (AvgIpc) is 2.44. The number of rotatable bonds is 4. The van der Waals surface area contributed by atoms with Gasteiger partial charge in [-0.1, -0.05) is 0 Å². The summed E-state index contributed by atoms with van der Waals surface area (Å²) >= 11 is 0. The zero-order chi connectivity index (χ0) is 16.1. The highest BCUT2D eigenvalue weighted by atomic mass is 16.2. The van der Waals surface area contributed by atoms with Crippen molar-refractivity contribution in [2.45, 2.75) is 20.8 Å². The van der Waals surface area contributed by atoms with E-state index in [4.69, 9.17) is 0 Å². The molecule has 0 aliphatic rings. The van der Waals surface area contributed by atoms with Crippen LogP contribution in [0.2, 0.25) is 0 Å². The van der Waals surface area contributed by atoms with Gasteiger partial charge in [-0.3, -0.25) is 20.4 Å². The van der Waals surface area contributed by atoms with Crippen molar-refractivity contribution in [3.63, 3.8) is 0 Å². The standard InChI is InChI=1S/C15H17N5O2/c1-9-8-10(2)17-15(16-9)20-19-14(22)12-4-6-13(7-5-12)18-11(3)21/h4-8H,1-3H3,(H,18,21)(H,19,22)(H,16,17,20). The number of amides is 2. The van der Waals surface area contributed by atoms with Crippen LogP contribution in [0.4, 0.5) is 11.6 Å². The maximum Gasteiger partial charge on any atom is 0.269 e. The second-order valence-corrected chi connectivity index (χ2v) is 4.81. The van der Waals surface area contributed by atoms with Gasteiger partial charge in [0, 0.05) is 29.6 Å². The first-order valence-corrected chi connectivity index (χ1v) is 6.70. The number of hydrogen-bond acceptors (Lipinski definition) is 5. The Morgan fingerprint density at radius 3 is 2.14 bits per heavy atom. The molecule has 2 amide bonds. The van der Waals surface area contributed by atoms with Gasteiger partial charge in [-0.15, -0.1) is 0 Å². The van der Waals surface area contributed by atoms with Crippen LogP contribution in [0, 0.1) is 13.8 Å². The Balaban J connectivity index is 1.98. The Bertz CT molecular complexity index is 677. The SMILES string of the molecule is CC(=O)Nc1ccc(C(=O)NNc2nc(C)cc(C)n2)cc1. The van der Waals surface area contributed by atoms with Crippen LogP contribution in [-0.4, -0.2) is 21.8 Å². The zero-order valence-electron chi connectivity index (χ0n) is 12.6. The average molecular weight is 299 g/mol. The third-order valence-electron chi connectivity index (χ3n) is 2.74. The van der Waals surface area contributed by atoms with E-state index in [1.165, 1.54) is 6.92 Å². The lowest BCUT2D eigenvalue weighted by molar-refractivity contribution is -0.114. The second-order valence-electron chi connectivity index (χ2n) is 4.81. The van der Waals surface area contributed by atoms with Gasteiger partial charge in [0.25, 0.3) is 5.91 Å². The predicted molar refractivity (Wildman–Crippen MR) is 83.3 cm³/mol. The summed E-state index contributed by atoms with van der Waals surface area (Å²) in [4.78, 5) is 31.3. The molecule has 0 spiro atoms. The molecule has 7 nitrogen and oxygen atoms in total. The quantitative estimate of drug-likeness (QED) is 0.748. The number of aryl methyl sites for hydroxylation is 2. The van der Waals surface area contributed by atoms with Gasteiger partial charge >= 0.3 is 0 Å². The molecule has 2 aromatic rings. The third kappa shape index (κ3) is 4.27. The van der Waals surface area contributed by atoms with E-state index in [0.717, 1.165) is 11.4 Å². The van der Waals surface area contributed by atoms with Crippen molar-refractivity contribution in [3.05, 3.63) is 47.3 Å². The van der Waals surface area contributed by atoms with Gasteiger partial charge in [-0.2, -0.15) is 0 Å². The van der Waals surface area contributed by atoms with Gasteiger partial charge in [-0.05, 0) is 44.2 Å². The first-order chi connectivity index (χ1) is 10.4. The number of benzene rings is 1. The Morgan fingerprint density at radius 2 is 1.59 bits per heavy atom. The van der Waals surface area contributed by atoms with E-state index in [2.05, 4.69) is 26.1 Å². The topological polar surface area (TPSA) is 96.0 Å². The molecule has 0 fully saturated rings. The molecule has 0 atom stereocenters. The molecule has 3 N–H and O–H groups in total. The zero-order valence-corrected chi connectivity index (χ0v) is 12.6. The van der Waals surface area contributed by atoms with E-state index in [0.29, 0.717) is 17.2 Å². The van der Waals surface area contributed by atoms with Gasteiger partial charge in [0.1, 0.15) is 0 Å². The van der Waals surface area contributed by atoms with Crippen molar-refractivity contribution >= 4 is 23.5 Å². The van der Waals surface area contributed by atoms with E-state index in [-0.39, 0.29) is 11.8 Å². The first kappa shape index (κ1) is 15.4. The van der Waals surface area contributed by atoms with E-state index in [9.17, 15) is 9.59 Å². The van der Waals surface area contributed by atoms with Crippen LogP contribution in [-0.2, 0) is 4.79 Å². The molecular formula is C15H17N5O2. The lowest BCUT2D eigenvalue weighted by Crippen LogP contribution is -2.30. The van der Waals surface area contributed by atoms with Crippen LogP contribution in [0.15, 0.2) is 30.3 Å². The van der Waals surface area contributed by atoms with Crippen molar-refractivity contribution in [1.29, 1.82) is 0 Å². The van der Waals surface area contributed by atoms with Gasteiger partial charge < -0.3 is 5.32 Å². The fourth-order valence-corrected chi connectivity index (χ4v) is 1.87. The van der Waals surface area contributed by atoms with Crippen molar-refractivity contribution < 1.29 is 9.59 Å². The normalized spacial score (nSPS) is 9.95. The fourth-order valence-electron chi connectivity index (χ4n) is 1.87. The first-order valence-electron chi connectivity index (χ1n) is 6.70. The second kappa shape index (κ2) is 6.66. The van der Waals surface area contributed by atoms with E-state index < -0.39 is 0 Å². The number of nitrogens with zero attached hydrogens (tertiary/aromatic N) is 2. The number of nitrogens with one attached hydrogen (secondary N) is 3. The lowest BCUT2D eigenvalue weighted by Gasteiger charge is -2.09. The number of carbonyl (C=O) groups excluding carboxylic acids is 2. The molecule has 0 aliphatic heterocycles. The van der Waals surface area contributed by atoms with Crippen molar-refractivity contribution in [2.75, 3.05) is 10.7 Å². The van der Waals surface area contributed by atoms with E-state index >= 15 is 0 Å². The molecule has 0 bridgehead atoms. The van der Waals surface area contributed by atoms with Crippen LogP contribution in [0.25, 0.3) is 0 Å². The predicted octanol–water partition coefficient (Wildman–Crippen LogP) is 1.81. The van der Waals surface area contributed by atoms with Crippen LogP contribution in [0.1, 0.15) is 28.7 Å².